The van der Waals surface area contributed by atoms with E-state index in [1.54, 1.807) is 6.33 Å². The van der Waals surface area contributed by atoms with Crippen molar-refractivity contribution in [2.75, 3.05) is 18.0 Å². The summed E-state index contributed by atoms with van der Waals surface area (Å²) in [6.07, 6.45) is 7.17. The fourth-order valence-electron chi connectivity index (χ4n) is 3.84. The van der Waals surface area contributed by atoms with Crippen LogP contribution in [-0.4, -0.2) is 33.9 Å². The SMILES string of the molecule is Cc1cnccc1N1CCC(C(=O)NC(C)c2ccc3nc[nH]c3c2)CC1. The highest BCUT2D eigenvalue weighted by molar-refractivity contribution is 5.80. The monoisotopic (exact) mass is 363 g/mol. The lowest BCUT2D eigenvalue weighted by Crippen LogP contribution is -2.41. The number of nitrogens with one attached hydrogen (secondary N) is 2. The average molecular weight is 363 g/mol. The van der Waals surface area contributed by atoms with Crippen LogP contribution < -0.4 is 10.2 Å². The molecule has 1 saturated heterocycles. The first-order valence-electron chi connectivity index (χ1n) is 9.51. The number of amides is 1. The molecule has 0 aliphatic carbocycles. The van der Waals surface area contributed by atoms with Crippen LogP contribution in [0.1, 0.15) is 36.9 Å². The summed E-state index contributed by atoms with van der Waals surface area (Å²) in [5.41, 5.74) is 5.43. The van der Waals surface area contributed by atoms with Gasteiger partial charge in [0, 0.05) is 37.1 Å². The number of rotatable bonds is 4. The molecule has 0 spiro atoms. The molecule has 2 aromatic heterocycles. The van der Waals surface area contributed by atoms with Crippen molar-refractivity contribution in [3.8, 4) is 0 Å². The average Bonchev–Trinajstić information content (AvgIpc) is 3.16. The first-order valence-corrected chi connectivity index (χ1v) is 9.51. The van der Waals surface area contributed by atoms with Gasteiger partial charge in [-0.3, -0.25) is 9.78 Å². The zero-order valence-corrected chi connectivity index (χ0v) is 15.8. The second kappa shape index (κ2) is 7.39. The minimum absolute atomic E-state index is 0.0225. The van der Waals surface area contributed by atoms with E-state index in [1.165, 1.54) is 11.3 Å². The Balaban J connectivity index is 1.35. The van der Waals surface area contributed by atoms with Crippen LogP contribution in [0.5, 0.6) is 0 Å². The third kappa shape index (κ3) is 3.65. The number of pyridine rings is 1. The van der Waals surface area contributed by atoms with Gasteiger partial charge in [-0.05, 0) is 56.0 Å². The molecule has 0 radical (unpaired) electrons. The number of aryl methyl sites for hydroxylation is 1. The van der Waals surface area contributed by atoms with E-state index in [0.717, 1.165) is 42.5 Å². The van der Waals surface area contributed by atoms with Crippen LogP contribution in [-0.2, 0) is 4.79 Å². The second-order valence-electron chi connectivity index (χ2n) is 7.33. The van der Waals surface area contributed by atoms with Crippen LogP contribution in [0.15, 0.2) is 43.0 Å². The van der Waals surface area contributed by atoms with Gasteiger partial charge in [0.25, 0.3) is 0 Å². The maximum absolute atomic E-state index is 12.7. The van der Waals surface area contributed by atoms with E-state index < -0.39 is 0 Å². The van der Waals surface area contributed by atoms with Crippen molar-refractivity contribution in [2.24, 2.45) is 5.92 Å². The number of fused-ring (bicyclic) bond motifs is 1. The summed E-state index contributed by atoms with van der Waals surface area (Å²) in [6, 6.07) is 8.11. The minimum Gasteiger partial charge on any atom is -0.371 e. The van der Waals surface area contributed by atoms with E-state index in [0.29, 0.717) is 0 Å². The summed E-state index contributed by atoms with van der Waals surface area (Å²) in [4.78, 5) is 26.6. The summed E-state index contributed by atoms with van der Waals surface area (Å²) >= 11 is 0. The van der Waals surface area contributed by atoms with Gasteiger partial charge in [0.15, 0.2) is 0 Å². The van der Waals surface area contributed by atoms with E-state index in [2.05, 4.69) is 44.2 Å². The van der Waals surface area contributed by atoms with Gasteiger partial charge in [-0.2, -0.15) is 0 Å². The Morgan fingerprint density at radius 1 is 1.30 bits per heavy atom. The topological polar surface area (TPSA) is 73.9 Å². The van der Waals surface area contributed by atoms with Crippen molar-refractivity contribution < 1.29 is 4.79 Å². The highest BCUT2D eigenvalue weighted by Gasteiger charge is 2.26. The summed E-state index contributed by atoms with van der Waals surface area (Å²) in [6.45, 7) is 5.92. The number of hydrogen-bond donors (Lipinski definition) is 2. The molecule has 2 N–H and O–H groups in total. The van der Waals surface area contributed by atoms with E-state index in [-0.39, 0.29) is 17.9 Å². The van der Waals surface area contributed by atoms with Crippen molar-refractivity contribution in [1.82, 2.24) is 20.3 Å². The zero-order valence-electron chi connectivity index (χ0n) is 15.8. The molecule has 140 valence electrons. The third-order valence-electron chi connectivity index (χ3n) is 5.50. The Morgan fingerprint density at radius 3 is 2.89 bits per heavy atom. The second-order valence-corrected chi connectivity index (χ2v) is 7.33. The van der Waals surface area contributed by atoms with Gasteiger partial charge >= 0.3 is 0 Å². The number of carbonyl (C=O) groups is 1. The molecule has 27 heavy (non-hydrogen) atoms. The van der Waals surface area contributed by atoms with Crippen LogP contribution in [0.3, 0.4) is 0 Å². The number of carbonyl (C=O) groups excluding carboxylic acids is 1. The number of hydrogen-bond acceptors (Lipinski definition) is 4. The van der Waals surface area contributed by atoms with Gasteiger partial charge in [-0.1, -0.05) is 6.07 Å². The lowest BCUT2D eigenvalue weighted by atomic mass is 9.94. The molecule has 1 amide bonds. The first-order chi connectivity index (χ1) is 13.1. The van der Waals surface area contributed by atoms with Crippen molar-refractivity contribution in [3.63, 3.8) is 0 Å². The molecular formula is C21H25N5O. The Morgan fingerprint density at radius 2 is 2.11 bits per heavy atom. The quantitative estimate of drug-likeness (QED) is 0.745. The van der Waals surface area contributed by atoms with Crippen molar-refractivity contribution in [2.45, 2.75) is 32.7 Å². The predicted molar refractivity (Wildman–Crippen MR) is 107 cm³/mol. The normalized spacial score (nSPS) is 16.4. The molecule has 6 heteroatoms. The molecule has 1 aliphatic heterocycles. The van der Waals surface area contributed by atoms with Gasteiger partial charge < -0.3 is 15.2 Å². The molecule has 3 heterocycles. The molecule has 0 bridgehead atoms. The number of imidazole rings is 1. The molecule has 1 atom stereocenters. The molecule has 0 saturated carbocycles. The molecule has 1 aromatic carbocycles. The van der Waals surface area contributed by atoms with E-state index in [9.17, 15) is 4.79 Å². The Hall–Kier alpha value is -2.89. The number of piperidine rings is 1. The van der Waals surface area contributed by atoms with Gasteiger partial charge in [0.1, 0.15) is 0 Å². The van der Waals surface area contributed by atoms with Crippen molar-refractivity contribution >= 4 is 22.6 Å². The number of aromatic nitrogens is 3. The summed E-state index contributed by atoms with van der Waals surface area (Å²) in [5, 5.41) is 3.19. The Kier molecular flexibility index (Phi) is 4.79. The van der Waals surface area contributed by atoms with Gasteiger partial charge in [0.05, 0.1) is 23.4 Å². The molecular weight excluding hydrogens is 338 g/mol. The highest BCUT2D eigenvalue weighted by Crippen LogP contribution is 2.26. The standard InChI is InChI=1S/C21H25N5O/c1-14-12-22-8-5-20(14)26-9-6-16(7-10-26)21(27)25-15(2)17-3-4-18-19(11-17)24-13-23-18/h3-5,8,11-13,15-16H,6-7,9-10H2,1-2H3,(H,23,24)(H,25,27). The Bertz CT molecular complexity index is 942. The molecule has 1 aliphatic rings. The number of benzene rings is 1. The molecule has 1 fully saturated rings. The molecule has 4 rings (SSSR count). The number of anilines is 1. The van der Waals surface area contributed by atoms with E-state index >= 15 is 0 Å². The fourth-order valence-corrected chi connectivity index (χ4v) is 3.84. The molecule has 1 unspecified atom stereocenters. The van der Waals surface area contributed by atoms with Crippen LogP contribution in [0.4, 0.5) is 5.69 Å². The maximum atomic E-state index is 12.7. The summed E-state index contributed by atoms with van der Waals surface area (Å²) < 4.78 is 0. The van der Waals surface area contributed by atoms with E-state index in [1.807, 2.05) is 31.5 Å². The highest BCUT2D eigenvalue weighted by atomic mass is 16.1. The van der Waals surface area contributed by atoms with Crippen LogP contribution in [0.2, 0.25) is 0 Å². The van der Waals surface area contributed by atoms with Crippen LogP contribution >= 0.6 is 0 Å². The molecule has 3 aromatic rings. The van der Waals surface area contributed by atoms with Gasteiger partial charge in [-0.25, -0.2) is 4.98 Å². The summed E-state index contributed by atoms with van der Waals surface area (Å²) in [5.74, 6) is 0.222. The van der Waals surface area contributed by atoms with Crippen molar-refractivity contribution in [3.05, 3.63) is 54.1 Å². The zero-order chi connectivity index (χ0) is 18.8. The van der Waals surface area contributed by atoms with Crippen LogP contribution in [0, 0.1) is 12.8 Å². The van der Waals surface area contributed by atoms with Crippen molar-refractivity contribution in [1.29, 1.82) is 0 Å². The lowest BCUT2D eigenvalue weighted by molar-refractivity contribution is -0.126. The Labute approximate surface area is 159 Å². The minimum atomic E-state index is -0.0225. The number of H-pyrrole nitrogens is 1. The molecule has 6 nitrogen and oxygen atoms in total. The van der Waals surface area contributed by atoms with Gasteiger partial charge in [-0.15, -0.1) is 0 Å². The lowest BCUT2D eigenvalue weighted by Gasteiger charge is -2.34. The first kappa shape index (κ1) is 17.5. The maximum Gasteiger partial charge on any atom is 0.223 e. The summed E-state index contributed by atoms with van der Waals surface area (Å²) in [7, 11) is 0. The van der Waals surface area contributed by atoms with E-state index in [4.69, 9.17) is 0 Å². The largest absolute Gasteiger partial charge is 0.371 e. The number of nitrogens with zero attached hydrogens (tertiary/aromatic N) is 3. The third-order valence-corrected chi connectivity index (χ3v) is 5.50. The van der Waals surface area contributed by atoms with Crippen LogP contribution in [0.25, 0.3) is 11.0 Å². The number of aromatic amines is 1. The van der Waals surface area contributed by atoms with Gasteiger partial charge in [0.2, 0.25) is 5.91 Å². The fraction of sp³-hybridized carbons (Fsp3) is 0.381. The smallest absolute Gasteiger partial charge is 0.223 e. The predicted octanol–water partition coefficient (Wildman–Crippen LogP) is 3.36.